The second kappa shape index (κ2) is 9.96. The molecule has 2 saturated heterocycles. The summed E-state index contributed by atoms with van der Waals surface area (Å²) in [5, 5.41) is 9.98. The fraction of sp³-hybridized carbons (Fsp3) is 0.621. The van der Waals surface area contributed by atoms with E-state index in [1.165, 1.54) is 12.1 Å². The summed E-state index contributed by atoms with van der Waals surface area (Å²) in [5.74, 6) is -4.92. The van der Waals surface area contributed by atoms with Crippen molar-refractivity contribution < 1.29 is 36.6 Å². The van der Waals surface area contributed by atoms with Crippen LogP contribution in [0.25, 0.3) is 10.8 Å². The van der Waals surface area contributed by atoms with E-state index in [2.05, 4.69) is 4.90 Å². The molecule has 5 rings (SSSR count). The summed E-state index contributed by atoms with van der Waals surface area (Å²) < 4.78 is 75.9. The molecule has 1 N–H and O–H groups in total. The number of carbonyl (C=O) groups is 1. The fourth-order valence-electron chi connectivity index (χ4n) is 7.07. The van der Waals surface area contributed by atoms with Crippen LogP contribution >= 0.6 is 0 Å². The molecule has 9 heteroatoms. The van der Waals surface area contributed by atoms with Gasteiger partial charge in [0.1, 0.15) is 11.3 Å². The van der Waals surface area contributed by atoms with Gasteiger partial charge in [0, 0.05) is 24.0 Å². The normalized spacial score (nSPS) is 29.4. The van der Waals surface area contributed by atoms with Crippen molar-refractivity contribution in [2.75, 3.05) is 0 Å². The van der Waals surface area contributed by atoms with Gasteiger partial charge in [0.05, 0.1) is 12.0 Å². The molecule has 2 heterocycles. The first-order valence-electron chi connectivity index (χ1n) is 13.5. The molecular weight excluding hydrogens is 505 g/mol. The standard InChI is InChI=1S/C29H34F5NO3/c1-16(35-21-7-8-22(35)15-19(14-21)27(36)37)17-3-11-24-18(13-17)4-12-25(26(24)29(32,33)34)38-23-9-5-20(6-10-23)28(2,30)31/h3-4,11-13,16,19-23H,5-10,14-15H2,1-2H3,(H,36,37)/t16?,19?,20-,21?,22?,23+. The van der Waals surface area contributed by atoms with Crippen molar-refractivity contribution >= 4 is 16.7 Å². The SMILES string of the molecule is CC(c1ccc2c(C(F)(F)F)c(O[C@H]3CC[C@@H](C(C)(F)F)CC3)ccc2c1)N1C2CCC1CC(C(=O)O)C2. The molecule has 0 amide bonds. The molecule has 2 aromatic carbocycles. The van der Waals surface area contributed by atoms with E-state index in [0.29, 0.717) is 31.1 Å². The van der Waals surface area contributed by atoms with E-state index in [1.54, 1.807) is 18.2 Å². The van der Waals surface area contributed by atoms with Gasteiger partial charge in [-0.3, -0.25) is 9.69 Å². The predicted molar refractivity (Wildman–Crippen MR) is 133 cm³/mol. The number of benzene rings is 2. The van der Waals surface area contributed by atoms with Crippen LogP contribution in [-0.2, 0) is 11.0 Å². The Morgan fingerprint density at radius 2 is 1.61 bits per heavy atom. The number of halogens is 5. The van der Waals surface area contributed by atoms with Crippen LogP contribution in [0.5, 0.6) is 5.75 Å². The molecule has 2 aromatic rings. The molecule has 2 aliphatic heterocycles. The molecule has 0 radical (unpaired) electrons. The zero-order valence-electron chi connectivity index (χ0n) is 21.6. The molecule has 3 atom stereocenters. The van der Waals surface area contributed by atoms with Crippen LogP contribution in [0.15, 0.2) is 30.3 Å². The highest BCUT2D eigenvalue weighted by atomic mass is 19.4. The van der Waals surface area contributed by atoms with Crippen LogP contribution < -0.4 is 4.74 Å². The number of carboxylic acids is 1. The molecule has 3 unspecified atom stereocenters. The van der Waals surface area contributed by atoms with Crippen LogP contribution in [-0.4, -0.2) is 40.1 Å². The quantitative estimate of drug-likeness (QED) is 0.380. The van der Waals surface area contributed by atoms with Gasteiger partial charge in [0.15, 0.2) is 0 Å². The summed E-state index contributed by atoms with van der Waals surface area (Å²) in [6, 6.07) is 8.25. The minimum Gasteiger partial charge on any atom is -0.490 e. The molecule has 1 saturated carbocycles. The number of rotatable bonds is 6. The van der Waals surface area contributed by atoms with Crippen molar-refractivity contribution in [2.45, 2.75) is 102 Å². The van der Waals surface area contributed by atoms with E-state index < -0.39 is 35.7 Å². The van der Waals surface area contributed by atoms with Gasteiger partial charge >= 0.3 is 12.1 Å². The van der Waals surface area contributed by atoms with Gasteiger partial charge in [-0.1, -0.05) is 18.2 Å². The van der Waals surface area contributed by atoms with Crippen LogP contribution in [0, 0.1) is 11.8 Å². The fourth-order valence-corrected chi connectivity index (χ4v) is 7.07. The van der Waals surface area contributed by atoms with Gasteiger partial charge in [-0.05, 0) is 93.7 Å². The van der Waals surface area contributed by atoms with E-state index in [1.807, 2.05) is 6.92 Å². The molecule has 0 aromatic heterocycles. The maximum atomic E-state index is 14.3. The summed E-state index contributed by atoms with van der Waals surface area (Å²) in [4.78, 5) is 13.9. The number of hydrogen-bond acceptors (Lipinski definition) is 3. The molecule has 4 nitrogen and oxygen atoms in total. The number of ether oxygens (including phenoxy) is 1. The predicted octanol–water partition coefficient (Wildman–Crippen LogP) is 7.84. The topological polar surface area (TPSA) is 49.8 Å². The molecular formula is C29H34F5NO3. The van der Waals surface area contributed by atoms with Gasteiger partial charge in [-0.15, -0.1) is 0 Å². The Kier molecular flexibility index (Phi) is 7.12. The van der Waals surface area contributed by atoms with Crippen LogP contribution in [0.2, 0.25) is 0 Å². The van der Waals surface area contributed by atoms with Crippen molar-refractivity contribution in [3.8, 4) is 5.75 Å². The van der Waals surface area contributed by atoms with Crippen molar-refractivity contribution in [2.24, 2.45) is 11.8 Å². The smallest absolute Gasteiger partial charge is 0.420 e. The third-order valence-electron chi connectivity index (χ3n) is 9.04. The lowest BCUT2D eigenvalue weighted by Crippen LogP contribution is -2.45. The number of carboxylic acid groups (broad SMARTS) is 1. The second-order valence-corrected chi connectivity index (χ2v) is 11.5. The van der Waals surface area contributed by atoms with Crippen molar-refractivity contribution in [1.82, 2.24) is 4.90 Å². The van der Waals surface area contributed by atoms with Crippen LogP contribution in [0.3, 0.4) is 0 Å². The zero-order valence-corrected chi connectivity index (χ0v) is 21.6. The lowest BCUT2D eigenvalue weighted by atomic mass is 9.83. The Morgan fingerprint density at radius 3 is 2.16 bits per heavy atom. The number of nitrogens with zero attached hydrogens (tertiary/aromatic N) is 1. The summed E-state index contributed by atoms with van der Waals surface area (Å²) in [7, 11) is 0. The van der Waals surface area contributed by atoms with Gasteiger partial charge in [-0.2, -0.15) is 13.2 Å². The highest BCUT2D eigenvalue weighted by molar-refractivity contribution is 5.89. The Bertz CT molecular complexity index is 1170. The van der Waals surface area contributed by atoms with E-state index in [0.717, 1.165) is 25.3 Å². The van der Waals surface area contributed by atoms with Gasteiger partial charge < -0.3 is 9.84 Å². The number of piperidine rings is 1. The summed E-state index contributed by atoms with van der Waals surface area (Å²) in [5.41, 5.74) is 0.0586. The summed E-state index contributed by atoms with van der Waals surface area (Å²) in [6.07, 6.45) is -1.09. The lowest BCUT2D eigenvalue weighted by molar-refractivity contribution is -0.144. The third-order valence-corrected chi connectivity index (χ3v) is 9.04. The van der Waals surface area contributed by atoms with E-state index in [9.17, 15) is 31.9 Å². The largest absolute Gasteiger partial charge is 0.490 e. The lowest BCUT2D eigenvalue weighted by Gasteiger charge is -2.41. The molecule has 0 spiro atoms. The van der Waals surface area contributed by atoms with E-state index in [-0.39, 0.29) is 48.0 Å². The first-order chi connectivity index (χ1) is 17.8. The molecule has 3 aliphatic rings. The highest BCUT2D eigenvalue weighted by Crippen LogP contribution is 2.46. The Morgan fingerprint density at radius 1 is 0.974 bits per heavy atom. The van der Waals surface area contributed by atoms with Crippen molar-refractivity contribution in [1.29, 1.82) is 0 Å². The zero-order chi connectivity index (χ0) is 27.4. The Labute approximate surface area is 219 Å². The van der Waals surface area contributed by atoms with Gasteiger partial charge in [0.2, 0.25) is 5.92 Å². The second-order valence-electron chi connectivity index (χ2n) is 11.5. The number of aliphatic carboxylic acids is 1. The summed E-state index contributed by atoms with van der Waals surface area (Å²) in [6.45, 7) is 2.92. The molecule has 2 bridgehead atoms. The van der Waals surface area contributed by atoms with Gasteiger partial charge in [-0.25, -0.2) is 8.78 Å². The number of fused-ring (bicyclic) bond motifs is 3. The average molecular weight is 540 g/mol. The highest BCUT2D eigenvalue weighted by Gasteiger charge is 2.45. The average Bonchev–Trinajstić information content (AvgIpc) is 3.10. The van der Waals surface area contributed by atoms with E-state index >= 15 is 0 Å². The Hall–Kier alpha value is -2.42. The number of hydrogen-bond donors (Lipinski definition) is 1. The van der Waals surface area contributed by atoms with Crippen molar-refractivity contribution in [3.05, 3.63) is 41.5 Å². The molecule has 1 aliphatic carbocycles. The minimum absolute atomic E-state index is 0.0484. The maximum Gasteiger partial charge on any atom is 0.420 e. The van der Waals surface area contributed by atoms with Gasteiger partial charge in [0.25, 0.3) is 0 Å². The molecule has 208 valence electrons. The van der Waals surface area contributed by atoms with E-state index in [4.69, 9.17) is 4.74 Å². The molecule has 38 heavy (non-hydrogen) atoms. The Balaban J connectivity index is 1.39. The molecule has 3 fully saturated rings. The number of alkyl halides is 5. The minimum atomic E-state index is -4.65. The van der Waals surface area contributed by atoms with Crippen LogP contribution in [0.4, 0.5) is 22.0 Å². The first-order valence-corrected chi connectivity index (χ1v) is 13.5. The maximum absolute atomic E-state index is 14.3. The first kappa shape index (κ1) is 27.2. The summed E-state index contributed by atoms with van der Waals surface area (Å²) >= 11 is 0. The van der Waals surface area contributed by atoms with Crippen LogP contribution in [0.1, 0.15) is 82.4 Å². The third kappa shape index (κ3) is 5.23. The van der Waals surface area contributed by atoms with Crippen molar-refractivity contribution in [3.63, 3.8) is 0 Å². The monoisotopic (exact) mass is 539 g/mol.